The first-order chi connectivity index (χ1) is 8.78. The summed E-state index contributed by atoms with van der Waals surface area (Å²) in [7, 11) is 0. The van der Waals surface area contributed by atoms with E-state index in [0.717, 1.165) is 38.2 Å². The molecule has 4 nitrogen and oxygen atoms in total. The number of β-amino-alcohol motifs (C(OH)–C–C–N with tert-alkyl or cyclic N) is 1. The summed E-state index contributed by atoms with van der Waals surface area (Å²) in [6.45, 7) is 3.16. The van der Waals surface area contributed by atoms with Crippen molar-refractivity contribution in [1.29, 1.82) is 5.26 Å². The highest BCUT2D eigenvalue weighted by Gasteiger charge is 2.16. The summed E-state index contributed by atoms with van der Waals surface area (Å²) in [5, 5.41) is 18.3. The number of ether oxygens (including phenoxy) is 1. The lowest BCUT2D eigenvalue weighted by molar-refractivity contribution is 0.0633. The molecule has 0 spiro atoms. The minimum atomic E-state index is -0.194. The van der Waals surface area contributed by atoms with Crippen LogP contribution in [0.1, 0.15) is 18.4 Å². The standard InChI is InChI=1S/C14H18N2O2/c15-10-12-3-1-5-14(9-12)18-8-7-16-6-2-4-13(17)11-16/h1,3,5,9,13,17H,2,4,6-8,11H2/t13-/m0/s1. The molecule has 4 heteroatoms. The number of nitrogens with zero attached hydrogens (tertiary/aromatic N) is 2. The summed E-state index contributed by atoms with van der Waals surface area (Å²) in [6, 6.07) is 9.26. The second-order valence-corrected chi connectivity index (χ2v) is 4.58. The molecule has 1 atom stereocenters. The lowest BCUT2D eigenvalue weighted by atomic mass is 10.1. The fourth-order valence-corrected chi connectivity index (χ4v) is 2.18. The Hall–Kier alpha value is -1.57. The molecule has 0 unspecified atom stereocenters. The number of hydrogen-bond donors (Lipinski definition) is 1. The van der Waals surface area contributed by atoms with Crippen LogP contribution in [0.3, 0.4) is 0 Å². The highest BCUT2D eigenvalue weighted by molar-refractivity contribution is 5.36. The lowest BCUT2D eigenvalue weighted by Crippen LogP contribution is -2.40. The van der Waals surface area contributed by atoms with Crippen molar-refractivity contribution in [1.82, 2.24) is 4.90 Å². The van der Waals surface area contributed by atoms with Crippen LogP contribution < -0.4 is 4.74 Å². The first-order valence-electron chi connectivity index (χ1n) is 6.31. The van der Waals surface area contributed by atoms with Crippen molar-refractivity contribution in [2.45, 2.75) is 18.9 Å². The largest absolute Gasteiger partial charge is 0.492 e. The van der Waals surface area contributed by atoms with Gasteiger partial charge in [0.1, 0.15) is 12.4 Å². The number of hydrogen-bond acceptors (Lipinski definition) is 4. The quantitative estimate of drug-likeness (QED) is 0.872. The molecule has 0 saturated carbocycles. The highest BCUT2D eigenvalue weighted by atomic mass is 16.5. The van der Waals surface area contributed by atoms with Gasteiger partial charge in [0.05, 0.1) is 17.7 Å². The Labute approximate surface area is 107 Å². The van der Waals surface area contributed by atoms with E-state index < -0.39 is 0 Å². The van der Waals surface area contributed by atoms with E-state index >= 15 is 0 Å². The molecule has 96 valence electrons. The first-order valence-corrected chi connectivity index (χ1v) is 6.31. The molecule has 1 saturated heterocycles. The number of piperidine rings is 1. The normalized spacial score (nSPS) is 20.3. The molecule has 1 N–H and O–H groups in total. The Bertz CT molecular complexity index is 428. The molecular formula is C14H18N2O2. The molecule has 18 heavy (non-hydrogen) atoms. The zero-order valence-electron chi connectivity index (χ0n) is 10.4. The molecule has 1 aliphatic rings. The van der Waals surface area contributed by atoms with Crippen molar-refractivity contribution in [3.05, 3.63) is 29.8 Å². The topological polar surface area (TPSA) is 56.5 Å². The number of aliphatic hydroxyl groups is 1. The van der Waals surface area contributed by atoms with Crippen LogP contribution in [0.15, 0.2) is 24.3 Å². The van der Waals surface area contributed by atoms with E-state index in [2.05, 4.69) is 11.0 Å². The van der Waals surface area contributed by atoms with Gasteiger partial charge in [-0.15, -0.1) is 0 Å². The van der Waals surface area contributed by atoms with Crippen LogP contribution in [-0.2, 0) is 0 Å². The van der Waals surface area contributed by atoms with Gasteiger partial charge in [0.2, 0.25) is 0 Å². The van der Waals surface area contributed by atoms with Crippen molar-refractivity contribution < 1.29 is 9.84 Å². The summed E-state index contributed by atoms with van der Waals surface area (Å²) >= 11 is 0. The third kappa shape index (κ3) is 3.73. The predicted octanol–water partition coefficient (Wildman–Crippen LogP) is 1.39. The van der Waals surface area contributed by atoms with E-state index in [1.807, 2.05) is 12.1 Å². The Balaban J connectivity index is 1.76. The van der Waals surface area contributed by atoms with Gasteiger partial charge in [-0.25, -0.2) is 0 Å². The summed E-state index contributed by atoms with van der Waals surface area (Å²) in [4.78, 5) is 2.21. The fourth-order valence-electron chi connectivity index (χ4n) is 2.18. The zero-order chi connectivity index (χ0) is 12.8. The summed E-state index contributed by atoms with van der Waals surface area (Å²) < 4.78 is 5.61. The highest BCUT2D eigenvalue weighted by Crippen LogP contribution is 2.13. The molecule has 0 aliphatic carbocycles. The van der Waals surface area contributed by atoms with Gasteiger partial charge in [0.25, 0.3) is 0 Å². The lowest BCUT2D eigenvalue weighted by Gasteiger charge is -2.29. The van der Waals surface area contributed by atoms with E-state index in [-0.39, 0.29) is 6.10 Å². The second-order valence-electron chi connectivity index (χ2n) is 4.58. The average molecular weight is 246 g/mol. The predicted molar refractivity (Wildman–Crippen MR) is 68.3 cm³/mol. The molecule has 1 fully saturated rings. The van der Waals surface area contributed by atoms with E-state index in [0.29, 0.717) is 12.2 Å². The van der Waals surface area contributed by atoms with Gasteiger partial charge in [-0.2, -0.15) is 5.26 Å². The number of likely N-dealkylation sites (tertiary alicyclic amines) is 1. The summed E-state index contributed by atoms with van der Waals surface area (Å²) in [6.07, 6.45) is 1.76. The van der Waals surface area contributed by atoms with Crippen molar-refractivity contribution in [2.75, 3.05) is 26.2 Å². The molecular weight excluding hydrogens is 228 g/mol. The van der Waals surface area contributed by atoms with Crippen molar-refractivity contribution >= 4 is 0 Å². The number of rotatable bonds is 4. The van der Waals surface area contributed by atoms with E-state index in [1.165, 1.54) is 0 Å². The van der Waals surface area contributed by atoms with E-state index in [4.69, 9.17) is 10.00 Å². The maximum absolute atomic E-state index is 9.55. The van der Waals surface area contributed by atoms with Crippen LogP contribution >= 0.6 is 0 Å². The molecule has 0 aromatic heterocycles. The summed E-state index contributed by atoms with van der Waals surface area (Å²) in [5.74, 6) is 0.728. The van der Waals surface area contributed by atoms with Gasteiger partial charge in [-0.05, 0) is 37.6 Å². The van der Waals surface area contributed by atoms with Gasteiger partial charge in [-0.3, -0.25) is 4.90 Å². The van der Waals surface area contributed by atoms with Crippen LogP contribution in [0.4, 0.5) is 0 Å². The Morgan fingerprint density at radius 2 is 2.39 bits per heavy atom. The van der Waals surface area contributed by atoms with Crippen molar-refractivity contribution in [3.63, 3.8) is 0 Å². The Morgan fingerprint density at radius 3 is 3.17 bits per heavy atom. The molecule has 0 bridgehead atoms. The van der Waals surface area contributed by atoms with E-state index in [1.54, 1.807) is 12.1 Å². The first kappa shape index (κ1) is 12.9. The van der Waals surface area contributed by atoms with Crippen molar-refractivity contribution in [2.24, 2.45) is 0 Å². The summed E-state index contributed by atoms with van der Waals surface area (Å²) in [5.41, 5.74) is 0.612. The van der Waals surface area contributed by atoms with Crippen LogP contribution in [0.5, 0.6) is 5.75 Å². The zero-order valence-corrected chi connectivity index (χ0v) is 10.4. The van der Waals surface area contributed by atoms with Gasteiger partial charge in [0.15, 0.2) is 0 Å². The van der Waals surface area contributed by atoms with Crippen LogP contribution in [0.25, 0.3) is 0 Å². The van der Waals surface area contributed by atoms with E-state index in [9.17, 15) is 5.11 Å². The Morgan fingerprint density at radius 1 is 1.50 bits per heavy atom. The van der Waals surface area contributed by atoms with Gasteiger partial charge in [0, 0.05) is 13.1 Å². The van der Waals surface area contributed by atoms with Crippen LogP contribution in [0, 0.1) is 11.3 Å². The maximum Gasteiger partial charge on any atom is 0.120 e. The molecule has 1 heterocycles. The molecule has 2 rings (SSSR count). The van der Waals surface area contributed by atoms with Crippen LogP contribution in [-0.4, -0.2) is 42.4 Å². The van der Waals surface area contributed by atoms with Gasteiger partial charge < -0.3 is 9.84 Å². The van der Waals surface area contributed by atoms with Crippen molar-refractivity contribution in [3.8, 4) is 11.8 Å². The number of nitriles is 1. The molecule has 0 amide bonds. The second kappa shape index (κ2) is 6.39. The third-order valence-corrected chi connectivity index (χ3v) is 3.12. The maximum atomic E-state index is 9.55. The molecule has 1 aromatic rings. The fraction of sp³-hybridized carbons (Fsp3) is 0.500. The van der Waals surface area contributed by atoms with Gasteiger partial charge >= 0.3 is 0 Å². The Kier molecular flexibility index (Phi) is 4.57. The number of benzene rings is 1. The number of aliphatic hydroxyl groups excluding tert-OH is 1. The molecule has 0 radical (unpaired) electrons. The smallest absolute Gasteiger partial charge is 0.120 e. The molecule has 1 aliphatic heterocycles. The minimum Gasteiger partial charge on any atom is -0.492 e. The average Bonchev–Trinajstić information content (AvgIpc) is 2.39. The molecule has 1 aromatic carbocycles. The monoisotopic (exact) mass is 246 g/mol. The van der Waals surface area contributed by atoms with Gasteiger partial charge in [-0.1, -0.05) is 6.07 Å². The SMILES string of the molecule is N#Cc1cccc(OCCN2CCC[C@H](O)C2)c1. The van der Waals surface area contributed by atoms with Crippen LogP contribution in [0.2, 0.25) is 0 Å². The minimum absolute atomic E-state index is 0.194. The third-order valence-electron chi connectivity index (χ3n) is 3.12.